The molecule has 1 N–H and O–H groups in total. The number of ether oxygens (including phenoxy) is 1. The topological polar surface area (TPSA) is 49.8 Å². The molecule has 1 saturated heterocycles. The second-order valence-corrected chi connectivity index (χ2v) is 5.04. The SMILES string of the molecule is CCC(C(=O)O)N1CC(C)OC(C2CC2)C1. The summed E-state index contributed by atoms with van der Waals surface area (Å²) in [6.45, 7) is 5.51. The molecule has 0 aromatic rings. The molecule has 0 bridgehead atoms. The molecule has 0 amide bonds. The highest BCUT2D eigenvalue weighted by molar-refractivity contribution is 5.73. The van der Waals surface area contributed by atoms with Gasteiger partial charge in [0.2, 0.25) is 0 Å². The largest absolute Gasteiger partial charge is 0.480 e. The van der Waals surface area contributed by atoms with E-state index in [9.17, 15) is 4.79 Å². The fourth-order valence-electron chi connectivity index (χ4n) is 2.59. The second kappa shape index (κ2) is 4.72. The van der Waals surface area contributed by atoms with Crippen LogP contribution in [0.4, 0.5) is 0 Å². The molecule has 4 heteroatoms. The van der Waals surface area contributed by atoms with E-state index in [0.717, 1.165) is 13.1 Å². The van der Waals surface area contributed by atoms with Crippen molar-refractivity contribution in [2.24, 2.45) is 5.92 Å². The molecule has 1 saturated carbocycles. The van der Waals surface area contributed by atoms with E-state index < -0.39 is 5.97 Å². The van der Waals surface area contributed by atoms with E-state index in [2.05, 4.69) is 4.90 Å². The maximum Gasteiger partial charge on any atom is 0.320 e. The number of carbonyl (C=O) groups is 1. The standard InChI is InChI=1S/C12H21NO3/c1-3-10(12(14)15)13-6-8(2)16-11(7-13)9-4-5-9/h8-11H,3-7H2,1-2H3,(H,14,15). The Morgan fingerprint density at radius 2 is 2.19 bits per heavy atom. The lowest BCUT2D eigenvalue weighted by Gasteiger charge is -2.39. The van der Waals surface area contributed by atoms with Crippen molar-refractivity contribution < 1.29 is 14.6 Å². The van der Waals surface area contributed by atoms with Crippen LogP contribution >= 0.6 is 0 Å². The number of carboxylic acids is 1. The van der Waals surface area contributed by atoms with Gasteiger partial charge in [-0.05, 0) is 32.1 Å². The average Bonchev–Trinajstić information content (AvgIpc) is 3.00. The minimum atomic E-state index is -0.703. The quantitative estimate of drug-likeness (QED) is 0.787. The van der Waals surface area contributed by atoms with Crippen molar-refractivity contribution in [1.29, 1.82) is 0 Å². The van der Waals surface area contributed by atoms with Gasteiger partial charge in [0.1, 0.15) is 6.04 Å². The lowest BCUT2D eigenvalue weighted by Crippen LogP contribution is -2.53. The number of morpholine rings is 1. The van der Waals surface area contributed by atoms with Gasteiger partial charge in [0, 0.05) is 13.1 Å². The van der Waals surface area contributed by atoms with E-state index in [-0.39, 0.29) is 18.2 Å². The van der Waals surface area contributed by atoms with Crippen molar-refractivity contribution in [3.8, 4) is 0 Å². The Morgan fingerprint density at radius 3 is 2.69 bits per heavy atom. The predicted molar refractivity (Wildman–Crippen MR) is 60.3 cm³/mol. The summed E-state index contributed by atoms with van der Waals surface area (Å²) in [7, 11) is 0. The molecule has 0 radical (unpaired) electrons. The minimum absolute atomic E-state index is 0.160. The molecule has 4 nitrogen and oxygen atoms in total. The highest BCUT2D eigenvalue weighted by Gasteiger charge is 2.39. The molecule has 92 valence electrons. The summed E-state index contributed by atoms with van der Waals surface area (Å²) < 4.78 is 5.88. The third-order valence-electron chi connectivity index (χ3n) is 3.57. The average molecular weight is 227 g/mol. The summed E-state index contributed by atoms with van der Waals surface area (Å²) in [6, 6.07) is -0.340. The van der Waals surface area contributed by atoms with Crippen LogP contribution in [0.15, 0.2) is 0 Å². The maximum atomic E-state index is 11.1. The van der Waals surface area contributed by atoms with Crippen molar-refractivity contribution in [1.82, 2.24) is 4.90 Å². The van der Waals surface area contributed by atoms with Crippen LogP contribution in [-0.2, 0) is 9.53 Å². The number of hydrogen-bond acceptors (Lipinski definition) is 3. The molecule has 16 heavy (non-hydrogen) atoms. The van der Waals surface area contributed by atoms with Crippen molar-refractivity contribution in [2.45, 2.75) is 51.4 Å². The van der Waals surface area contributed by atoms with Crippen LogP contribution < -0.4 is 0 Å². The van der Waals surface area contributed by atoms with E-state index in [4.69, 9.17) is 9.84 Å². The molecule has 2 rings (SSSR count). The summed E-state index contributed by atoms with van der Waals surface area (Å²) in [4.78, 5) is 13.2. The monoisotopic (exact) mass is 227 g/mol. The molecule has 3 unspecified atom stereocenters. The summed E-state index contributed by atoms with van der Waals surface area (Å²) in [5.41, 5.74) is 0. The van der Waals surface area contributed by atoms with Gasteiger partial charge in [-0.25, -0.2) is 0 Å². The van der Waals surface area contributed by atoms with Crippen molar-refractivity contribution >= 4 is 5.97 Å². The first-order valence-corrected chi connectivity index (χ1v) is 6.24. The van der Waals surface area contributed by atoms with Gasteiger partial charge in [-0.15, -0.1) is 0 Å². The zero-order valence-electron chi connectivity index (χ0n) is 10.1. The van der Waals surface area contributed by atoms with Crippen LogP contribution in [0.1, 0.15) is 33.1 Å². The Hall–Kier alpha value is -0.610. The summed E-state index contributed by atoms with van der Waals surface area (Å²) in [5, 5.41) is 9.17. The van der Waals surface area contributed by atoms with Crippen molar-refractivity contribution in [3.63, 3.8) is 0 Å². The first kappa shape index (κ1) is 11.9. The first-order chi connectivity index (χ1) is 7.61. The van der Waals surface area contributed by atoms with Gasteiger partial charge in [-0.3, -0.25) is 9.69 Å². The van der Waals surface area contributed by atoms with Crippen LogP contribution in [0, 0.1) is 5.92 Å². The van der Waals surface area contributed by atoms with Gasteiger partial charge in [-0.1, -0.05) is 6.92 Å². The fraction of sp³-hybridized carbons (Fsp3) is 0.917. The number of nitrogens with zero attached hydrogens (tertiary/aromatic N) is 1. The number of hydrogen-bond donors (Lipinski definition) is 1. The van der Waals surface area contributed by atoms with E-state index in [0.29, 0.717) is 12.3 Å². The normalized spacial score (nSPS) is 33.6. The van der Waals surface area contributed by atoms with E-state index in [1.807, 2.05) is 13.8 Å². The fourth-order valence-corrected chi connectivity index (χ4v) is 2.59. The Morgan fingerprint density at radius 1 is 1.50 bits per heavy atom. The van der Waals surface area contributed by atoms with Gasteiger partial charge >= 0.3 is 5.97 Å². The number of carboxylic acid groups (broad SMARTS) is 1. The van der Waals surface area contributed by atoms with Gasteiger partial charge < -0.3 is 9.84 Å². The van der Waals surface area contributed by atoms with Crippen LogP contribution in [0.3, 0.4) is 0 Å². The lowest BCUT2D eigenvalue weighted by atomic mass is 10.1. The van der Waals surface area contributed by atoms with Crippen LogP contribution in [-0.4, -0.2) is 47.3 Å². The van der Waals surface area contributed by atoms with E-state index in [1.54, 1.807) is 0 Å². The van der Waals surface area contributed by atoms with Gasteiger partial charge in [0.15, 0.2) is 0 Å². The molecule has 1 aliphatic carbocycles. The Balaban J connectivity index is 1.99. The van der Waals surface area contributed by atoms with Gasteiger partial charge in [0.05, 0.1) is 12.2 Å². The van der Waals surface area contributed by atoms with Crippen LogP contribution in [0.25, 0.3) is 0 Å². The van der Waals surface area contributed by atoms with Crippen LogP contribution in [0.5, 0.6) is 0 Å². The highest BCUT2D eigenvalue weighted by Crippen LogP contribution is 2.37. The second-order valence-electron chi connectivity index (χ2n) is 5.04. The molecule has 1 heterocycles. The Labute approximate surface area is 96.6 Å². The van der Waals surface area contributed by atoms with Crippen molar-refractivity contribution in [3.05, 3.63) is 0 Å². The molecule has 2 fully saturated rings. The molecule has 0 aromatic carbocycles. The molecule has 3 atom stereocenters. The smallest absolute Gasteiger partial charge is 0.320 e. The molecular formula is C12H21NO3. The number of aliphatic carboxylic acids is 1. The molecule has 0 aromatic heterocycles. The molecular weight excluding hydrogens is 206 g/mol. The predicted octanol–water partition coefficient (Wildman–Crippen LogP) is 1.35. The Bertz CT molecular complexity index is 265. The highest BCUT2D eigenvalue weighted by atomic mass is 16.5. The number of rotatable bonds is 4. The molecule has 0 spiro atoms. The summed E-state index contributed by atoms with van der Waals surface area (Å²) in [6.07, 6.45) is 3.58. The zero-order valence-corrected chi connectivity index (χ0v) is 10.1. The van der Waals surface area contributed by atoms with Crippen LogP contribution in [0.2, 0.25) is 0 Å². The molecule has 1 aliphatic heterocycles. The minimum Gasteiger partial charge on any atom is -0.480 e. The van der Waals surface area contributed by atoms with E-state index in [1.165, 1.54) is 12.8 Å². The van der Waals surface area contributed by atoms with Gasteiger partial charge in [0.25, 0.3) is 0 Å². The lowest BCUT2D eigenvalue weighted by molar-refractivity contribution is -0.150. The summed E-state index contributed by atoms with van der Waals surface area (Å²) in [5.74, 6) is -0.0253. The maximum absolute atomic E-state index is 11.1. The summed E-state index contributed by atoms with van der Waals surface area (Å²) >= 11 is 0. The van der Waals surface area contributed by atoms with Crippen molar-refractivity contribution in [2.75, 3.05) is 13.1 Å². The third kappa shape index (κ3) is 2.55. The van der Waals surface area contributed by atoms with Gasteiger partial charge in [-0.2, -0.15) is 0 Å². The first-order valence-electron chi connectivity index (χ1n) is 6.24. The van der Waals surface area contributed by atoms with E-state index >= 15 is 0 Å². The third-order valence-corrected chi connectivity index (χ3v) is 3.57. The zero-order chi connectivity index (χ0) is 11.7. The molecule has 2 aliphatic rings. The Kier molecular flexibility index (Phi) is 3.50.